The second kappa shape index (κ2) is 9.49. The number of nitrogens with zero attached hydrogens (tertiary/aromatic N) is 1. The number of carboxylic acid groups (broad SMARTS) is 1. The highest BCUT2D eigenvalue weighted by Gasteiger charge is 2.37. The summed E-state index contributed by atoms with van der Waals surface area (Å²) in [6.07, 6.45) is 3.58. The molecule has 3 atom stereocenters. The third-order valence-electron chi connectivity index (χ3n) is 7.60. The summed E-state index contributed by atoms with van der Waals surface area (Å²) in [4.78, 5) is 38.4. The third-order valence-corrected chi connectivity index (χ3v) is 7.60. The van der Waals surface area contributed by atoms with Crippen LogP contribution in [0.5, 0.6) is 0 Å². The quantitative estimate of drug-likeness (QED) is 0.672. The lowest BCUT2D eigenvalue weighted by molar-refractivity contribution is -0.148. The van der Waals surface area contributed by atoms with Crippen LogP contribution >= 0.6 is 0 Å². The van der Waals surface area contributed by atoms with Gasteiger partial charge in [-0.05, 0) is 53.9 Å². The Morgan fingerprint density at radius 3 is 2.29 bits per heavy atom. The molecule has 1 saturated carbocycles. The van der Waals surface area contributed by atoms with Gasteiger partial charge in [-0.15, -0.1) is 0 Å². The van der Waals surface area contributed by atoms with E-state index in [2.05, 4.69) is 29.6 Å². The van der Waals surface area contributed by atoms with Crippen LogP contribution in [-0.4, -0.2) is 53.2 Å². The van der Waals surface area contributed by atoms with E-state index in [1.807, 2.05) is 24.3 Å². The van der Waals surface area contributed by atoms with Crippen LogP contribution in [0.1, 0.15) is 55.6 Å². The Balaban J connectivity index is 1.18. The average molecular weight is 463 g/mol. The second-order valence-corrected chi connectivity index (χ2v) is 9.55. The highest BCUT2D eigenvalue weighted by Crippen LogP contribution is 2.44. The number of hydrogen-bond donors (Lipinski definition) is 2. The van der Waals surface area contributed by atoms with Crippen molar-refractivity contribution in [1.29, 1.82) is 0 Å². The summed E-state index contributed by atoms with van der Waals surface area (Å²) >= 11 is 0. The van der Waals surface area contributed by atoms with E-state index in [0.717, 1.165) is 25.7 Å². The normalized spacial score (nSPS) is 23.4. The number of ether oxygens (including phenoxy) is 1. The molecular weight excluding hydrogens is 432 g/mol. The lowest BCUT2D eigenvalue weighted by Crippen LogP contribution is -2.43. The van der Waals surface area contributed by atoms with Crippen molar-refractivity contribution >= 4 is 18.0 Å². The van der Waals surface area contributed by atoms with Crippen LogP contribution < -0.4 is 5.32 Å². The lowest BCUT2D eigenvalue weighted by Gasteiger charge is -2.26. The summed E-state index contributed by atoms with van der Waals surface area (Å²) in [6, 6.07) is 15.6. The van der Waals surface area contributed by atoms with E-state index in [-0.39, 0.29) is 36.8 Å². The zero-order valence-electron chi connectivity index (χ0n) is 19.1. The summed E-state index contributed by atoms with van der Waals surface area (Å²) in [7, 11) is 0. The van der Waals surface area contributed by atoms with Crippen LogP contribution in [0, 0.1) is 5.92 Å². The molecule has 2 amide bonds. The summed E-state index contributed by atoms with van der Waals surface area (Å²) in [5.74, 6) is -1.06. The van der Waals surface area contributed by atoms with Gasteiger partial charge in [0.2, 0.25) is 5.91 Å². The number of hydrogen-bond acceptors (Lipinski definition) is 4. The number of fused-ring (bicyclic) bond motifs is 3. The monoisotopic (exact) mass is 462 g/mol. The molecule has 2 unspecified atom stereocenters. The van der Waals surface area contributed by atoms with Gasteiger partial charge in [0.05, 0.1) is 0 Å². The Labute approximate surface area is 199 Å². The number of amides is 2. The van der Waals surface area contributed by atoms with Gasteiger partial charge >= 0.3 is 12.1 Å². The van der Waals surface area contributed by atoms with Crippen LogP contribution in [0.2, 0.25) is 0 Å². The van der Waals surface area contributed by atoms with Gasteiger partial charge in [0.25, 0.3) is 0 Å². The summed E-state index contributed by atoms with van der Waals surface area (Å²) in [5.41, 5.74) is 4.70. The molecule has 0 aromatic heterocycles. The summed E-state index contributed by atoms with van der Waals surface area (Å²) in [6.45, 7) is 0.747. The molecule has 7 nitrogen and oxygen atoms in total. The van der Waals surface area contributed by atoms with Gasteiger partial charge in [0, 0.05) is 24.9 Å². The number of likely N-dealkylation sites (tertiary alicyclic amines) is 1. The molecule has 7 heteroatoms. The largest absolute Gasteiger partial charge is 0.480 e. The molecule has 1 saturated heterocycles. The maximum Gasteiger partial charge on any atom is 0.407 e. The number of carbonyl (C=O) groups is 3. The molecule has 0 spiro atoms. The van der Waals surface area contributed by atoms with E-state index in [1.165, 1.54) is 27.2 Å². The molecule has 0 bridgehead atoms. The van der Waals surface area contributed by atoms with Gasteiger partial charge in [0.15, 0.2) is 0 Å². The molecule has 0 radical (unpaired) electrons. The fourth-order valence-electron chi connectivity index (χ4n) is 5.93. The molecule has 1 heterocycles. The van der Waals surface area contributed by atoms with Crippen LogP contribution in [0.3, 0.4) is 0 Å². The number of nitrogens with one attached hydrogen (secondary N) is 1. The van der Waals surface area contributed by atoms with Crippen molar-refractivity contribution in [2.24, 2.45) is 5.92 Å². The van der Waals surface area contributed by atoms with Crippen molar-refractivity contribution in [1.82, 2.24) is 10.2 Å². The van der Waals surface area contributed by atoms with E-state index < -0.39 is 18.1 Å². The van der Waals surface area contributed by atoms with Gasteiger partial charge in [-0.2, -0.15) is 0 Å². The molecule has 1 aliphatic heterocycles. The molecule has 2 aromatic carbocycles. The molecule has 2 aromatic rings. The zero-order valence-corrected chi connectivity index (χ0v) is 19.1. The second-order valence-electron chi connectivity index (χ2n) is 9.55. The van der Waals surface area contributed by atoms with Crippen molar-refractivity contribution in [3.8, 4) is 11.1 Å². The smallest absolute Gasteiger partial charge is 0.407 e. The van der Waals surface area contributed by atoms with E-state index in [1.54, 1.807) is 0 Å². The maximum absolute atomic E-state index is 12.8. The molecule has 2 fully saturated rings. The molecule has 2 aliphatic carbocycles. The minimum absolute atomic E-state index is 0.00206. The molecule has 3 aliphatic rings. The predicted octanol–water partition coefficient (Wildman–Crippen LogP) is 4.16. The first-order chi connectivity index (χ1) is 16.5. The maximum atomic E-state index is 12.8. The van der Waals surface area contributed by atoms with Crippen molar-refractivity contribution in [3.05, 3.63) is 59.7 Å². The Morgan fingerprint density at radius 2 is 1.62 bits per heavy atom. The van der Waals surface area contributed by atoms with Crippen molar-refractivity contribution in [3.63, 3.8) is 0 Å². The van der Waals surface area contributed by atoms with Gasteiger partial charge in [0.1, 0.15) is 12.6 Å². The highest BCUT2D eigenvalue weighted by molar-refractivity contribution is 5.84. The Bertz CT molecular complexity index is 1050. The average Bonchev–Trinajstić information content (AvgIpc) is 3.56. The number of carbonyl (C=O) groups excluding carboxylic acids is 2. The third kappa shape index (κ3) is 4.27. The standard InChI is InChI=1S/C27H30N2O5/c30-25(29-14-6-13-24(29)26(31)32)15-17-7-5-12-23(17)28-27(33)34-16-22-20-10-3-1-8-18(20)19-9-2-4-11-21(19)22/h1-4,8-11,17,22-24H,5-7,12-16H2,(H,28,33)(H,31,32)/t17?,23?,24-/m1/s1. The number of aliphatic carboxylic acids is 1. The molecule has 2 N–H and O–H groups in total. The first-order valence-electron chi connectivity index (χ1n) is 12.2. The van der Waals surface area contributed by atoms with E-state index >= 15 is 0 Å². The fourth-order valence-corrected chi connectivity index (χ4v) is 5.93. The number of carboxylic acids is 1. The fraction of sp³-hybridized carbons (Fsp3) is 0.444. The summed E-state index contributed by atoms with van der Waals surface area (Å²) < 4.78 is 5.68. The Hall–Kier alpha value is -3.35. The van der Waals surface area contributed by atoms with Crippen LogP contribution in [-0.2, 0) is 14.3 Å². The van der Waals surface area contributed by atoms with Crippen LogP contribution in [0.4, 0.5) is 4.79 Å². The van der Waals surface area contributed by atoms with Crippen LogP contribution in [0.15, 0.2) is 48.5 Å². The topological polar surface area (TPSA) is 95.9 Å². The van der Waals surface area contributed by atoms with Gasteiger partial charge in [-0.1, -0.05) is 55.0 Å². The minimum Gasteiger partial charge on any atom is -0.480 e. The van der Waals surface area contributed by atoms with Gasteiger partial charge in [-0.25, -0.2) is 9.59 Å². The van der Waals surface area contributed by atoms with E-state index in [4.69, 9.17) is 4.74 Å². The number of benzene rings is 2. The molecular formula is C27H30N2O5. The number of alkyl carbamates (subject to hydrolysis) is 1. The van der Waals surface area contributed by atoms with E-state index in [0.29, 0.717) is 13.0 Å². The lowest BCUT2D eigenvalue weighted by atomic mass is 9.98. The summed E-state index contributed by atoms with van der Waals surface area (Å²) in [5, 5.41) is 12.4. The van der Waals surface area contributed by atoms with Crippen molar-refractivity contribution < 1.29 is 24.2 Å². The molecule has 34 heavy (non-hydrogen) atoms. The molecule has 178 valence electrons. The molecule has 5 rings (SSSR count). The van der Waals surface area contributed by atoms with Gasteiger partial charge in [-0.3, -0.25) is 4.79 Å². The van der Waals surface area contributed by atoms with Gasteiger partial charge < -0.3 is 20.1 Å². The number of rotatable bonds is 6. The van der Waals surface area contributed by atoms with Crippen molar-refractivity contribution in [2.75, 3.05) is 13.2 Å². The van der Waals surface area contributed by atoms with E-state index in [9.17, 15) is 19.5 Å². The zero-order chi connectivity index (χ0) is 23.7. The first kappa shape index (κ1) is 22.4. The first-order valence-corrected chi connectivity index (χ1v) is 12.2. The minimum atomic E-state index is -0.939. The highest BCUT2D eigenvalue weighted by atomic mass is 16.5. The SMILES string of the molecule is O=C(NC1CCCC1CC(=O)N1CCC[C@@H]1C(=O)O)OCC1c2ccccc2-c2ccccc21. The Kier molecular flexibility index (Phi) is 6.26. The van der Waals surface area contributed by atoms with Crippen molar-refractivity contribution in [2.45, 2.75) is 56.5 Å². The predicted molar refractivity (Wildman–Crippen MR) is 126 cm³/mol. The van der Waals surface area contributed by atoms with Crippen LogP contribution in [0.25, 0.3) is 11.1 Å². The Morgan fingerprint density at radius 1 is 0.941 bits per heavy atom.